The zero-order valence-corrected chi connectivity index (χ0v) is 14.8. The van der Waals surface area contributed by atoms with Crippen LogP contribution >= 0.6 is 11.6 Å². The molecule has 11 heteroatoms. The molecular formula is C16H20ClFN2O7. The zero-order chi connectivity index (χ0) is 20.6. The molecule has 5 N–H and O–H groups in total. The molecule has 2 rings (SSSR count). The largest absolute Gasteiger partial charge is 0.473 e. The topological polar surface area (TPSA) is 147 Å². The number of benzene rings is 1. The predicted molar refractivity (Wildman–Crippen MR) is 92.6 cm³/mol. The fourth-order valence-corrected chi connectivity index (χ4v) is 2.73. The summed E-state index contributed by atoms with van der Waals surface area (Å²) in [6.45, 7) is 1.07. The molecule has 1 aromatic carbocycles. The number of carboxylic acids is 2. The average Bonchev–Trinajstić information content (AvgIpc) is 2.98. The summed E-state index contributed by atoms with van der Waals surface area (Å²) in [5.74, 6) is -3.65. The smallest absolute Gasteiger partial charge is 0.414 e. The van der Waals surface area contributed by atoms with E-state index in [-0.39, 0.29) is 13.1 Å². The normalized spacial score (nSPS) is 18.7. The van der Waals surface area contributed by atoms with Crippen molar-refractivity contribution in [3.63, 3.8) is 0 Å². The Balaban J connectivity index is 0.000000527. The van der Waals surface area contributed by atoms with Crippen LogP contribution in [0.3, 0.4) is 0 Å². The van der Waals surface area contributed by atoms with E-state index in [1.165, 1.54) is 0 Å². The van der Waals surface area contributed by atoms with Crippen molar-refractivity contribution < 1.29 is 39.2 Å². The van der Waals surface area contributed by atoms with E-state index in [9.17, 15) is 14.3 Å². The van der Waals surface area contributed by atoms with Gasteiger partial charge < -0.3 is 25.7 Å². The van der Waals surface area contributed by atoms with Crippen LogP contribution in [-0.4, -0.2) is 75.2 Å². The van der Waals surface area contributed by atoms with Gasteiger partial charge in [-0.2, -0.15) is 0 Å². The van der Waals surface area contributed by atoms with Crippen LogP contribution < -0.4 is 5.32 Å². The molecule has 1 saturated heterocycles. The first-order chi connectivity index (χ1) is 12.6. The summed E-state index contributed by atoms with van der Waals surface area (Å²) in [7, 11) is 0. The highest BCUT2D eigenvalue weighted by Gasteiger charge is 2.29. The zero-order valence-electron chi connectivity index (χ0n) is 14.1. The van der Waals surface area contributed by atoms with Crippen LogP contribution in [0.5, 0.6) is 0 Å². The van der Waals surface area contributed by atoms with Gasteiger partial charge in [0.2, 0.25) is 0 Å². The van der Waals surface area contributed by atoms with Crippen molar-refractivity contribution in [2.75, 3.05) is 19.6 Å². The maximum Gasteiger partial charge on any atom is 0.414 e. The van der Waals surface area contributed by atoms with E-state index in [1.54, 1.807) is 29.2 Å². The van der Waals surface area contributed by atoms with Crippen molar-refractivity contribution >= 4 is 29.6 Å². The second-order valence-electron chi connectivity index (χ2n) is 5.81. The van der Waals surface area contributed by atoms with Crippen LogP contribution in [-0.2, 0) is 9.59 Å². The molecule has 9 nitrogen and oxygen atoms in total. The maximum atomic E-state index is 13.2. The number of hydrogen-bond donors (Lipinski definition) is 5. The van der Waals surface area contributed by atoms with Crippen molar-refractivity contribution in [2.24, 2.45) is 0 Å². The number of aliphatic carboxylic acids is 2. The second-order valence-corrected chi connectivity index (χ2v) is 6.25. The highest BCUT2D eigenvalue weighted by molar-refractivity contribution is 6.30. The number of aliphatic hydroxyl groups excluding tert-OH is 1. The molecule has 0 aliphatic carbocycles. The molecular weight excluding hydrogens is 387 g/mol. The first kappa shape index (κ1) is 22.6. The Morgan fingerprint density at radius 1 is 1.26 bits per heavy atom. The summed E-state index contributed by atoms with van der Waals surface area (Å²) >= 11 is 5.88. The van der Waals surface area contributed by atoms with E-state index in [0.29, 0.717) is 23.6 Å². The first-order valence-corrected chi connectivity index (χ1v) is 8.23. The Morgan fingerprint density at radius 2 is 1.89 bits per heavy atom. The number of rotatable bonds is 5. The molecule has 27 heavy (non-hydrogen) atoms. The Labute approximate surface area is 159 Å². The maximum absolute atomic E-state index is 13.2. The number of hydrogen-bond acceptors (Lipinski definition) is 5. The molecule has 0 aromatic heterocycles. The molecule has 0 unspecified atom stereocenters. The van der Waals surface area contributed by atoms with E-state index >= 15 is 0 Å². The van der Waals surface area contributed by atoms with Gasteiger partial charge in [0.25, 0.3) is 0 Å². The summed E-state index contributed by atoms with van der Waals surface area (Å²) in [5, 5.41) is 36.8. The highest BCUT2D eigenvalue weighted by Crippen LogP contribution is 2.22. The standard InChI is InChI=1S/C14H18ClFN2O3.C2H2O4/c15-10-3-1-2-9(6-10)13(19)12(17-14(20)21)8-18-5-4-11(16)7-18;3-1(4)2(5)6/h1-3,6,11-13,17,19H,4-5,7-8H2,(H,20,21);(H,3,4)(H,5,6)/t11-,12-,13-;/m1./s1. The second kappa shape index (κ2) is 10.7. The number of likely N-dealkylation sites (tertiary alicyclic amines) is 1. The van der Waals surface area contributed by atoms with Gasteiger partial charge in [0.1, 0.15) is 12.3 Å². The van der Waals surface area contributed by atoms with Crippen LogP contribution in [0.1, 0.15) is 18.1 Å². The van der Waals surface area contributed by atoms with Crippen molar-refractivity contribution in [3.05, 3.63) is 34.9 Å². The molecule has 0 bridgehead atoms. The lowest BCUT2D eigenvalue weighted by molar-refractivity contribution is -0.159. The molecule has 3 atom stereocenters. The van der Waals surface area contributed by atoms with E-state index in [0.717, 1.165) is 0 Å². The van der Waals surface area contributed by atoms with Gasteiger partial charge in [-0.05, 0) is 24.1 Å². The van der Waals surface area contributed by atoms with Crippen LogP contribution in [0.4, 0.5) is 9.18 Å². The SMILES string of the molecule is O=C(O)C(=O)O.O=C(O)N[C@H](CN1CC[C@@H](F)C1)[C@H](O)c1cccc(Cl)c1. The van der Waals surface area contributed by atoms with Crippen LogP contribution in [0.2, 0.25) is 5.02 Å². The first-order valence-electron chi connectivity index (χ1n) is 7.85. The number of aliphatic hydroxyl groups is 1. The highest BCUT2D eigenvalue weighted by atomic mass is 35.5. The molecule has 1 aliphatic rings. The number of amides is 1. The third kappa shape index (κ3) is 8.20. The lowest BCUT2D eigenvalue weighted by Crippen LogP contribution is -2.46. The molecule has 0 radical (unpaired) electrons. The van der Waals surface area contributed by atoms with Crippen molar-refractivity contribution in [2.45, 2.75) is 24.7 Å². The molecule has 1 aliphatic heterocycles. The molecule has 0 saturated carbocycles. The Hall–Kier alpha value is -2.43. The fraction of sp³-hybridized carbons (Fsp3) is 0.438. The minimum absolute atomic E-state index is 0.250. The summed E-state index contributed by atoms with van der Waals surface area (Å²) in [5.41, 5.74) is 0.525. The Morgan fingerprint density at radius 3 is 2.33 bits per heavy atom. The van der Waals surface area contributed by atoms with Crippen LogP contribution in [0.25, 0.3) is 0 Å². The number of nitrogens with zero attached hydrogens (tertiary/aromatic N) is 1. The quantitative estimate of drug-likeness (QED) is 0.458. The minimum atomic E-state index is -1.82. The van der Waals surface area contributed by atoms with Gasteiger partial charge in [0.15, 0.2) is 0 Å². The monoisotopic (exact) mass is 406 g/mol. The van der Waals surface area contributed by atoms with E-state index in [2.05, 4.69) is 5.32 Å². The molecule has 1 amide bonds. The number of alkyl halides is 1. The Bertz CT molecular complexity index is 664. The number of carbonyl (C=O) groups is 3. The third-order valence-electron chi connectivity index (χ3n) is 3.73. The van der Waals surface area contributed by atoms with Gasteiger partial charge in [-0.15, -0.1) is 0 Å². The predicted octanol–water partition coefficient (Wildman–Crippen LogP) is 1.21. The molecule has 1 heterocycles. The van der Waals surface area contributed by atoms with Gasteiger partial charge in [0, 0.05) is 24.7 Å². The van der Waals surface area contributed by atoms with Gasteiger partial charge >= 0.3 is 18.0 Å². The molecule has 0 spiro atoms. The Kier molecular flexibility index (Phi) is 8.92. The summed E-state index contributed by atoms with van der Waals surface area (Å²) < 4.78 is 13.2. The summed E-state index contributed by atoms with van der Waals surface area (Å²) in [4.78, 5) is 30.9. The third-order valence-corrected chi connectivity index (χ3v) is 3.97. The lowest BCUT2D eigenvalue weighted by atomic mass is 10.0. The van der Waals surface area contributed by atoms with Crippen molar-refractivity contribution in [1.82, 2.24) is 10.2 Å². The van der Waals surface area contributed by atoms with Crippen molar-refractivity contribution in [3.8, 4) is 0 Å². The number of carboxylic acid groups (broad SMARTS) is 3. The van der Waals surface area contributed by atoms with Gasteiger partial charge in [-0.3, -0.25) is 4.90 Å². The summed E-state index contributed by atoms with van der Waals surface area (Å²) in [6.07, 6.45) is -2.72. The van der Waals surface area contributed by atoms with Gasteiger partial charge in [-0.25, -0.2) is 18.8 Å². The molecule has 1 aromatic rings. The van der Waals surface area contributed by atoms with Gasteiger partial charge in [-0.1, -0.05) is 23.7 Å². The lowest BCUT2D eigenvalue weighted by Gasteiger charge is -2.27. The number of halogens is 2. The van der Waals surface area contributed by atoms with E-state index < -0.39 is 36.3 Å². The van der Waals surface area contributed by atoms with Gasteiger partial charge in [0.05, 0.1) is 6.04 Å². The van der Waals surface area contributed by atoms with Crippen molar-refractivity contribution in [1.29, 1.82) is 0 Å². The molecule has 150 valence electrons. The van der Waals surface area contributed by atoms with E-state index in [4.69, 9.17) is 36.5 Å². The average molecular weight is 407 g/mol. The summed E-state index contributed by atoms with van der Waals surface area (Å²) in [6, 6.07) is 5.88. The number of nitrogens with one attached hydrogen (secondary N) is 1. The van der Waals surface area contributed by atoms with Crippen LogP contribution in [0, 0.1) is 0 Å². The minimum Gasteiger partial charge on any atom is -0.473 e. The molecule has 1 fully saturated rings. The van der Waals surface area contributed by atoms with E-state index in [1.807, 2.05) is 0 Å². The fourth-order valence-electron chi connectivity index (χ4n) is 2.54. The van der Waals surface area contributed by atoms with Crippen LogP contribution in [0.15, 0.2) is 24.3 Å².